The van der Waals surface area contributed by atoms with E-state index in [-0.39, 0.29) is 12.6 Å². The number of alkyl carbamates (subject to hydrolysis) is 1. The Hall–Kier alpha value is -2.50. The lowest BCUT2D eigenvalue weighted by Crippen LogP contribution is -2.28. The summed E-state index contributed by atoms with van der Waals surface area (Å²) in [7, 11) is 0. The molecule has 1 saturated heterocycles. The van der Waals surface area contributed by atoms with Crippen molar-refractivity contribution in [1.82, 2.24) is 10.2 Å². The summed E-state index contributed by atoms with van der Waals surface area (Å²) < 4.78 is 10.2. The first-order chi connectivity index (χ1) is 12.2. The number of carbonyl (C=O) groups excluding carboxylic acids is 2. The number of hydrogen-bond donors (Lipinski definition) is 1. The van der Waals surface area contributed by atoms with Gasteiger partial charge in [0.25, 0.3) is 0 Å². The second-order valence-electron chi connectivity index (χ2n) is 5.82. The normalized spacial score (nSPS) is 14.3. The molecule has 0 unspecified atom stereocenters. The average Bonchev–Trinajstić information content (AvgIpc) is 3.15. The van der Waals surface area contributed by atoms with E-state index in [2.05, 4.69) is 10.2 Å². The molecular weight excluding hydrogens is 320 g/mol. The van der Waals surface area contributed by atoms with Crippen molar-refractivity contribution in [2.45, 2.75) is 32.8 Å². The Morgan fingerprint density at radius 2 is 1.88 bits per heavy atom. The summed E-state index contributed by atoms with van der Waals surface area (Å²) in [6.07, 6.45) is 3.88. The molecule has 0 aliphatic carbocycles. The molecule has 1 heterocycles. The van der Waals surface area contributed by atoms with Crippen molar-refractivity contribution in [3.63, 3.8) is 0 Å². The number of carbonyl (C=O) groups is 2. The number of nitrogens with one attached hydrogen (secondary N) is 1. The maximum atomic E-state index is 11.8. The molecule has 2 rings (SSSR count). The molecule has 1 N–H and O–H groups in total. The smallest absolute Gasteiger partial charge is 0.407 e. The zero-order valence-corrected chi connectivity index (χ0v) is 14.7. The molecule has 6 nitrogen and oxygen atoms in total. The van der Waals surface area contributed by atoms with E-state index in [0.717, 1.165) is 37.2 Å². The predicted molar refractivity (Wildman–Crippen MR) is 94.8 cm³/mol. The molecule has 25 heavy (non-hydrogen) atoms. The maximum absolute atomic E-state index is 11.8. The van der Waals surface area contributed by atoms with E-state index in [4.69, 9.17) is 9.47 Å². The van der Waals surface area contributed by atoms with Gasteiger partial charge in [0.2, 0.25) is 0 Å². The van der Waals surface area contributed by atoms with Gasteiger partial charge in [0.05, 0.1) is 6.61 Å². The molecule has 0 spiro atoms. The Kier molecular flexibility index (Phi) is 7.82. The average molecular weight is 346 g/mol. The van der Waals surface area contributed by atoms with Crippen molar-refractivity contribution in [3.05, 3.63) is 47.7 Å². The van der Waals surface area contributed by atoms with Crippen LogP contribution in [0.25, 0.3) is 0 Å². The number of esters is 1. The zero-order valence-electron chi connectivity index (χ0n) is 14.7. The van der Waals surface area contributed by atoms with E-state index in [0.29, 0.717) is 19.6 Å². The highest BCUT2D eigenvalue weighted by Gasteiger charge is 2.16. The van der Waals surface area contributed by atoms with E-state index in [1.165, 1.54) is 6.08 Å². The van der Waals surface area contributed by atoms with Gasteiger partial charge in [-0.2, -0.15) is 0 Å². The van der Waals surface area contributed by atoms with Crippen molar-refractivity contribution in [3.8, 4) is 0 Å². The molecule has 0 saturated carbocycles. The highest BCUT2D eigenvalue weighted by Crippen LogP contribution is 2.17. The van der Waals surface area contributed by atoms with Crippen LogP contribution in [0, 0.1) is 0 Å². The van der Waals surface area contributed by atoms with Crippen LogP contribution >= 0.6 is 0 Å². The van der Waals surface area contributed by atoms with Crippen LogP contribution in [0.1, 0.15) is 31.7 Å². The van der Waals surface area contributed by atoms with Crippen molar-refractivity contribution in [2.24, 2.45) is 0 Å². The molecule has 0 radical (unpaired) electrons. The van der Waals surface area contributed by atoms with Gasteiger partial charge in [-0.15, -0.1) is 0 Å². The molecule has 1 aliphatic rings. The van der Waals surface area contributed by atoms with Crippen LogP contribution in [0.2, 0.25) is 0 Å². The molecular formula is C19H26N2O4. The predicted octanol–water partition coefficient (Wildman–Crippen LogP) is 2.85. The largest absolute Gasteiger partial charge is 0.463 e. The van der Waals surface area contributed by atoms with Gasteiger partial charge in [-0.25, -0.2) is 9.59 Å². The van der Waals surface area contributed by atoms with Crippen LogP contribution < -0.4 is 5.32 Å². The quantitative estimate of drug-likeness (QED) is 0.579. The van der Waals surface area contributed by atoms with Gasteiger partial charge in [0, 0.05) is 37.8 Å². The molecule has 1 aromatic rings. The molecule has 6 heteroatoms. The summed E-state index contributed by atoms with van der Waals surface area (Å²) in [5.74, 6) is -0.337. The number of amides is 1. The first-order valence-electron chi connectivity index (χ1n) is 8.76. The van der Waals surface area contributed by atoms with Gasteiger partial charge in [-0.3, -0.25) is 0 Å². The fourth-order valence-electron chi connectivity index (χ4n) is 2.71. The van der Waals surface area contributed by atoms with Gasteiger partial charge in [-0.05, 0) is 25.3 Å². The number of ether oxygens (including phenoxy) is 2. The second kappa shape index (κ2) is 10.4. The molecule has 0 atom stereocenters. The summed E-state index contributed by atoms with van der Waals surface area (Å²) in [6, 6.07) is 9.53. The highest BCUT2D eigenvalue weighted by molar-refractivity contribution is 5.82. The van der Waals surface area contributed by atoms with Gasteiger partial charge >= 0.3 is 12.1 Å². The monoisotopic (exact) mass is 346 g/mol. The number of nitrogens with zero attached hydrogens (tertiary/aromatic N) is 1. The van der Waals surface area contributed by atoms with Gasteiger partial charge in [0.1, 0.15) is 6.61 Å². The van der Waals surface area contributed by atoms with Crippen molar-refractivity contribution >= 4 is 12.1 Å². The fraction of sp³-hybridized carbons (Fsp3) is 0.474. The lowest BCUT2D eigenvalue weighted by Gasteiger charge is -2.21. The van der Waals surface area contributed by atoms with Gasteiger partial charge in [-0.1, -0.05) is 30.3 Å². The van der Waals surface area contributed by atoms with E-state index >= 15 is 0 Å². The van der Waals surface area contributed by atoms with Crippen LogP contribution in [0.4, 0.5) is 4.79 Å². The standard InChI is InChI=1S/C19H26N2O4/c1-2-24-18(22)14-17(21-12-6-7-13-21)10-11-20-19(23)25-15-16-8-4-3-5-9-16/h3-5,8-9,14H,2,6-7,10-13,15H2,1H3,(H,20,23). The lowest BCUT2D eigenvalue weighted by molar-refractivity contribution is -0.137. The van der Waals surface area contributed by atoms with Crippen molar-refractivity contribution < 1.29 is 19.1 Å². The molecule has 1 amide bonds. The first-order valence-corrected chi connectivity index (χ1v) is 8.76. The highest BCUT2D eigenvalue weighted by atomic mass is 16.5. The van der Waals surface area contributed by atoms with E-state index in [1.807, 2.05) is 30.3 Å². The third kappa shape index (κ3) is 6.87. The molecule has 0 bridgehead atoms. The number of hydrogen-bond acceptors (Lipinski definition) is 5. The van der Waals surface area contributed by atoms with Crippen molar-refractivity contribution in [2.75, 3.05) is 26.2 Å². The van der Waals surface area contributed by atoms with Crippen LogP contribution in [-0.2, 0) is 20.9 Å². The molecule has 136 valence electrons. The zero-order chi connectivity index (χ0) is 17.9. The van der Waals surface area contributed by atoms with E-state index in [9.17, 15) is 9.59 Å². The van der Waals surface area contributed by atoms with Gasteiger partial charge in [0.15, 0.2) is 0 Å². The molecule has 0 aromatic heterocycles. The van der Waals surface area contributed by atoms with Crippen LogP contribution in [0.3, 0.4) is 0 Å². The van der Waals surface area contributed by atoms with Crippen LogP contribution in [0.15, 0.2) is 42.1 Å². The maximum Gasteiger partial charge on any atom is 0.407 e. The minimum atomic E-state index is -0.458. The summed E-state index contributed by atoms with van der Waals surface area (Å²) >= 11 is 0. The Morgan fingerprint density at radius 1 is 1.16 bits per heavy atom. The SMILES string of the molecule is CCOC(=O)C=C(CCNC(=O)OCc1ccccc1)N1CCCC1. The summed E-state index contributed by atoms with van der Waals surface area (Å²) in [5.41, 5.74) is 1.84. The summed E-state index contributed by atoms with van der Waals surface area (Å²) in [5, 5.41) is 2.73. The van der Waals surface area contributed by atoms with Gasteiger partial charge < -0.3 is 19.7 Å². The Bertz CT molecular complexity index is 580. The molecule has 1 aromatic carbocycles. The Labute approximate surface area is 148 Å². The second-order valence-corrected chi connectivity index (χ2v) is 5.82. The first kappa shape index (κ1) is 18.8. The third-order valence-electron chi connectivity index (χ3n) is 3.95. The Morgan fingerprint density at radius 3 is 2.56 bits per heavy atom. The summed E-state index contributed by atoms with van der Waals surface area (Å²) in [4.78, 5) is 25.7. The van der Waals surface area contributed by atoms with Crippen LogP contribution in [0.5, 0.6) is 0 Å². The van der Waals surface area contributed by atoms with Crippen LogP contribution in [-0.4, -0.2) is 43.2 Å². The number of benzene rings is 1. The van der Waals surface area contributed by atoms with E-state index < -0.39 is 6.09 Å². The third-order valence-corrected chi connectivity index (χ3v) is 3.95. The van der Waals surface area contributed by atoms with E-state index in [1.54, 1.807) is 6.92 Å². The minimum absolute atomic E-state index is 0.240. The fourth-order valence-corrected chi connectivity index (χ4v) is 2.71. The number of likely N-dealkylation sites (tertiary alicyclic amines) is 1. The Balaban J connectivity index is 1.77. The number of rotatable bonds is 8. The minimum Gasteiger partial charge on any atom is -0.463 e. The lowest BCUT2D eigenvalue weighted by atomic mass is 10.2. The van der Waals surface area contributed by atoms with Crippen molar-refractivity contribution in [1.29, 1.82) is 0 Å². The molecule has 1 fully saturated rings. The topological polar surface area (TPSA) is 67.9 Å². The molecule has 1 aliphatic heterocycles. The summed E-state index contributed by atoms with van der Waals surface area (Å²) in [6.45, 7) is 4.66.